The van der Waals surface area contributed by atoms with Crippen LogP contribution >= 0.6 is 0 Å². The fourth-order valence-electron chi connectivity index (χ4n) is 2.90. The first-order valence-electron chi connectivity index (χ1n) is 5.18. The van der Waals surface area contributed by atoms with Gasteiger partial charge in [-0.1, -0.05) is 6.42 Å². The Labute approximate surface area is 74.5 Å². The molecule has 0 amide bonds. The van der Waals surface area contributed by atoms with Gasteiger partial charge in [-0.15, -0.1) is 0 Å². The standard InChI is InChI=1S/C10H19NO/c11-3-4-12-7-10-6-8-1-2-9(10)5-8/h8-10H,1-7,11H2. The number of fused-ring (bicyclic) bond motifs is 2. The Hall–Kier alpha value is -0.0800. The molecule has 0 saturated heterocycles. The zero-order chi connectivity index (χ0) is 8.39. The Balaban J connectivity index is 1.69. The van der Waals surface area contributed by atoms with Crippen molar-refractivity contribution in [2.45, 2.75) is 25.7 Å². The van der Waals surface area contributed by atoms with Gasteiger partial charge in [-0.05, 0) is 37.0 Å². The SMILES string of the molecule is NCCOCC1CC2CCC1C2. The van der Waals surface area contributed by atoms with Crippen LogP contribution in [-0.4, -0.2) is 19.8 Å². The maximum Gasteiger partial charge on any atom is 0.0588 e. The van der Waals surface area contributed by atoms with E-state index in [1.54, 1.807) is 0 Å². The molecule has 3 atom stereocenters. The topological polar surface area (TPSA) is 35.2 Å². The molecule has 0 aromatic heterocycles. The molecule has 3 unspecified atom stereocenters. The van der Waals surface area contributed by atoms with Gasteiger partial charge < -0.3 is 10.5 Å². The van der Waals surface area contributed by atoms with E-state index in [4.69, 9.17) is 10.5 Å². The summed E-state index contributed by atoms with van der Waals surface area (Å²) in [7, 11) is 0. The molecule has 2 bridgehead atoms. The van der Waals surface area contributed by atoms with E-state index in [0.717, 1.165) is 31.0 Å². The van der Waals surface area contributed by atoms with Crippen LogP contribution in [0.1, 0.15) is 25.7 Å². The second-order valence-electron chi connectivity index (χ2n) is 4.30. The van der Waals surface area contributed by atoms with Gasteiger partial charge in [0.25, 0.3) is 0 Å². The quantitative estimate of drug-likeness (QED) is 0.646. The van der Waals surface area contributed by atoms with Crippen molar-refractivity contribution in [3.63, 3.8) is 0 Å². The van der Waals surface area contributed by atoms with E-state index in [1.807, 2.05) is 0 Å². The predicted molar refractivity (Wildman–Crippen MR) is 48.8 cm³/mol. The maximum absolute atomic E-state index is 5.49. The van der Waals surface area contributed by atoms with E-state index in [-0.39, 0.29) is 0 Å². The van der Waals surface area contributed by atoms with Crippen LogP contribution in [0.3, 0.4) is 0 Å². The van der Waals surface area contributed by atoms with Crippen molar-refractivity contribution in [2.24, 2.45) is 23.5 Å². The van der Waals surface area contributed by atoms with Crippen LogP contribution in [0.5, 0.6) is 0 Å². The van der Waals surface area contributed by atoms with Crippen LogP contribution in [0.25, 0.3) is 0 Å². The highest BCUT2D eigenvalue weighted by Gasteiger charge is 2.39. The van der Waals surface area contributed by atoms with Crippen LogP contribution < -0.4 is 5.73 Å². The Kier molecular flexibility index (Phi) is 2.66. The van der Waals surface area contributed by atoms with Gasteiger partial charge in [0.15, 0.2) is 0 Å². The van der Waals surface area contributed by atoms with Gasteiger partial charge in [0.05, 0.1) is 6.61 Å². The minimum Gasteiger partial charge on any atom is -0.380 e. The van der Waals surface area contributed by atoms with Gasteiger partial charge in [0, 0.05) is 13.2 Å². The zero-order valence-electron chi connectivity index (χ0n) is 7.67. The van der Waals surface area contributed by atoms with Gasteiger partial charge in [0.2, 0.25) is 0 Å². The fraction of sp³-hybridized carbons (Fsp3) is 1.00. The number of hydrogen-bond acceptors (Lipinski definition) is 2. The monoisotopic (exact) mass is 169 g/mol. The van der Waals surface area contributed by atoms with E-state index in [1.165, 1.54) is 25.7 Å². The van der Waals surface area contributed by atoms with E-state index < -0.39 is 0 Å². The van der Waals surface area contributed by atoms with E-state index in [2.05, 4.69) is 0 Å². The van der Waals surface area contributed by atoms with Crippen molar-refractivity contribution in [1.29, 1.82) is 0 Å². The molecule has 2 aliphatic rings. The summed E-state index contributed by atoms with van der Waals surface area (Å²) in [4.78, 5) is 0. The maximum atomic E-state index is 5.49. The second kappa shape index (κ2) is 3.75. The van der Waals surface area contributed by atoms with Gasteiger partial charge in [-0.25, -0.2) is 0 Å². The molecule has 12 heavy (non-hydrogen) atoms. The van der Waals surface area contributed by atoms with Crippen molar-refractivity contribution in [3.8, 4) is 0 Å². The second-order valence-corrected chi connectivity index (χ2v) is 4.30. The summed E-state index contributed by atoms with van der Waals surface area (Å²) in [6.45, 7) is 2.38. The lowest BCUT2D eigenvalue weighted by molar-refractivity contribution is 0.0838. The van der Waals surface area contributed by atoms with Crippen molar-refractivity contribution < 1.29 is 4.74 Å². The van der Waals surface area contributed by atoms with Gasteiger partial charge >= 0.3 is 0 Å². The molecule has 2 saturated carbocycles. The van der Waals surface area contributed by atoms with Crippen LogP contribution in [0.15, 0.2) is 0 Å². The number of hydrogen-bond donors (Lipinski definition) is 1. The number of ether oxygens (including phenoxy) is 1. The van der Waals surface area contributed by atoms with Gasteiger partial charge in [0.1, 0.15) is 0 Å². The molecule has 2 heteroatoms. The summed E-state index contributed by atoms with van der Waals surface area (Å²) in [6, 6.07) is 0. The van der Waals surface area contributed by atoms with Crippen molar-refractivity contribution in [3.05, 3.63) is 0 Å². The van der Waals surface area contributed by atoms with Crippen LogP contribution in [0.2, 0.25) is 0 Å². The summed E-state index contributed by atoms with van der Waals surface area (Å²) in [5, 5.41) is 0. The molecule has 0 heterocycles. The Morgan fingerprint density at radius 3 is 2.75 bits per heavy atom. The molecule has 0 spiro atoms. The predicted octanol–water partition coefficient (Wildman–Crippen LogP) is 1.40. The van der Waals surface area contributed by atoms with Crippen LogP contribution in [-0.2, 0) is 4.74 Å². The van der Waals surface area contributed by atoms with Crippen molar-refractivity contribution >= 4 is 0 Å². The third-order valence-corrected chi connectivity index (χ3v) is 3.48. The normalized spacial score (nSPS) is 39.2. The molecule has 2 N–H and O–H groups in total. The number of rotatable bonds is 4. The van der Waals surface area contributed by atoms with E-state index in [0.29, 0.717) is 6.54 Å². The average molecular weight is 169 g/mol. The average Bonchev–Trinajstić information content (AvgIpc) is 2.65. The Morgan fingerprint density at radius 2 is 2.17 bits per heavy atom. The first kappa shape index (κ1) is 8.52. The lowest BCUT2D eigenvalue weighted by Gasteiger charge is -2.21. The molecule has 0 aromatic rings. The van der Waals surface area contributed by atoms with E-state index >= 15 is 0 Å². The molecule has 2 fully saturated rings. The Bertz CT molecular complexity index is 149. The van der Waals surface area contributed by atoms with E-state index in [9.17, 15) is 0 Å². The smallest absolute Gasteiger partial charge is 0.0588 e. The summed E-state index contributed by atoms with van der Waals surface area (Å²) < 4.78 is 5.49. The first-order chi connectivity index (χ1) is 5.90. The highest BCUT2D eigenvalue weighted by molar-refractivity contribution is 4.89. The molecule has 70 valence electrons. The molecular weight excluding hydrogens is 150 g/mol. The molecule has 2 aliphatic carbocycles. The zero-order valence-corrected chi connectivity index (χ0v) is 7.67. The van der Waals surface area contributed by atoms with Gasteiger partial charge in [-0.3, -0.25) is 0 Å². The lowest BCUT2D eigenvalue weighted by Crippen LogP contribution is -2.19. The minimum absolute atomic E-state index is 0.667. The highest BCUT2D eigenvalue weighted by atomic mass is 16.5. The van der Waals surface area contributed by atoms with Gasteiger partial charge in [-0.2, -0.15) is 0 Å². The molecule has 2 rings (SSSR count). The minimum atomic E-state index is 0.667. The number of nitrogens with two attached hydrogens (primary N) is 1. The van der Waals surface area contributed by atoms with Crippen LogP contribution in [0.4, 0.5) is 0 Å². The first-order valence-corrected chi connectivity index (χ1v) is 5.18. The summed E-state index contributed by atoms with van der Waals surface area (Å²) in [5.41, 5.74) is 5.36. The molecule has 2 nitrogen and oxygen atoms in total. The molecular formula is C10H19NO. The summed E-state index contributed by atoms with van der Waals surface area (Å²) in [6.07, 6.45) is 5.85. The van der Waals surface area contributed by atoms with Crippen LogP contribution in [0, 0.1) is 17.8 Å². The fourth-order valence-corrected chi connectivity index (χ4v) is 2.90. The lowest BCUT2D eigenvalue weighted by atomic mass is 9.90. The van der Waals surface area contributed by atoms with Crippen molar-refractivity contribution in [1.82, 2.24) is 0 Å². The third kappa shape index (κ3) is 1.64. The molecule has 0 radical (unpaired) electrons. The Morgan fingerprint density at radius 1 is 1.25 bits per heavy atom. The largest absolute Gasteiger partial charge is 0.380 e. The molecule has 0 aliphatic heterocycles. The third-order valence-electron chi connectivity index (χ3n) is 3.48. The molecule has 0 aromatic carbocycles. The highest BCUT2D eigenvalue weighted by Crippen LogP contribution is 2.48. The summed E-state index contributed by atoms with van der Waals surface area (Å²) >= 11 is 0. The van der Waals surface area contributed by atoms with Crippen molar-refractivity contribution in [2.75, 3.05) is 19.8 Å². The summed E-state index contributed by atoms with van der Waals surface area (Å²) in [5.74, 6) is 2.91.